The van der Waals surface area contributed by atoms with E-state index < -0.39 is 11.3 Å². The van der Waals surface area contributed by atoms with Crippen LogP contribution in [-0.4, -0.2) is 11.8 Å². The van der Waals surface area contributed by atoms with Crippen molar-refractivity contribution in [3.63, 3.8) is 0 Å². The van der Waals surface area contributed by atoms with Gasteiger partial charge in [0.2, 0.25) is 11.8 Å². The van der Waals surface area contributed by atoms with E-state index in [9.17, 15) is 9.59 Å². The Bertz CT molecular complexity index is 708. The van der Waals surface area contributed by atoms with Crippen LogP contribution in [0.15, 0.2) is 54.6 Å². The quantitative estimate of drug-likeness (QED) is 0.816. The van der Waals surface area contributed by atoms with E-state index >= 15 is 0 Å². The van der Waals surface area contributed by atoms with Crippen molar-refractivity contribution in [3.05, 3.63) is 67.1 Å². The first-order valence-corrected chi connectivity index (χ1v) is 7.91. The second-order valence-electron chi connectivity index (χ2n) is 6.24. The fraction of sp³-hybridized carbons (Fsp3) is 0.250. The Morgan fingerprint density at radius 1 is 0.917 bits per heavy atom. The third-order valence-corrected chi connectivity index (χ3v) is 4.27. The van der Waals surface area contributed by atoms with Gasteiger partial charge in [0.15, 0.2) is 0 Å². The first-order valence-electron chi connectivity index (χ1n) is 7.91. The van der Waals surface area contributed by atoms with Crippen LogP contribution in [0.2, 0.25) is 0 Å². The monoisotopic (exact) mass is 323 g/mol. The van der Waals surface area contributed by atoms with Crippen LogP contribution < -0.4 is 10.6 Å². The molecule has 0 aliphatic heterocycles. The maximum Gasteiger partial charge on any atom is 0.240 e. The summed E-state index contributed by atoms with van der Waals surface area (Å²) in [4.78, 5) is 25.5. The van der Waals surface area contributed by atoms with Crippen molar-refractivity contribution in [1.29, 1.82) is 0 Å². The zero-order chi connectivity index (χ0) is 17.7. The minimum atomic E-state index is -1.29. The zero-order valence-electron chi connectivity index (χ0n) is 14.3. The molecule has 0 bridgehead atoms. The Labute approximate surface area is 143 Å². The minimum Gasteiger partial charge on any atom is -0.325 e. The maximum atomic E-state index is 12.8. The number of anilines is 2. The van der Waals surface area contributed by atoms with Crippen molar-refractivity contribution in [2.75, 3.05) is 10.6 Å². The van der Waals surface area contributed by atoms with E-state index in [2.05, 4.69) is 17.6 Å². The first-order chi connectivity index (χ1) is 11.3. The molecule has 0 aromatic heterocycles. The van der Waals surface area contributed by atoms with Crippen LogP contribution in [0.25, 0.3) is 0 Å². The first kappa shape index (κ1) is 17.7. The van der Waals surface area contributed by atoms with Gasteiger partial charge in [-0.25, -0.2) is 0 Å². The van der Waals surface area contributed by atoms with Gasteiger partial charge in [0.1, 0.15) is 5.41 Å². The highest BCUT2D eigenvalue weighted by molar-refractivity contribution is 6.14. The lowest BCUT2D eigenvalue weighted by molar-refractivity contribution is -0.138. The van der Waals surface area contributed by atoms with Gasteiger partial charge in [0.25, 0.3) is 0 Å². The lowest BCUT2D eigenvalue weighted by atomic mass is 9.77. The normalized spacial score (nSPS) is 13.2. The van der Waals surface area contributed by atoms with Crippen LogP contribution in [0.1, 0.15) is 19.4 Å². The molecule has 4 nitrogen and oxygen atoms in total. The third-order valence-electron chi connectivity index (χ3n) is 4.27. The number of rotatable bonds is 5. The van der Waals surface area contributed by atoms with Crippen molar-refractivity contribution in [2.45, 2.75) is 20.8 Å². The molecule has 2 amide bonds. The molecule has 1 radical (unpaired) electrons. The van der Waals surface area contributed by atoms with Crippen LogP contribution in [0.3, 0.4) is 0 Å². The van der Waals surface area contributed by atoms with Gasteiger partial charge in [-0.15, -0.1) is 0 Å². The lowest BCUT2D eigenvalue weighted by Gasteiger charge is -2.30. The average molecular weight is 323 g/mol. The van der Waals surface area contributed by atoms with Gasteiger partial charge in [-0.2, -0.15) is 0 Å². The molecule has 0 fully saturated rings. The fourth-order valence-electron chi connectivity index (χ4n) is 2.23. The predicted octanol–water partition coefficient (Wildman–Crippen LogP) is 4.05. The van der Waals surface area contributed by atoms with E-state index in [1.807, 2.05) is 49.4 Å². The molecule has 2 N–H and O–H groups in total. The summed E-state index contributed by atoms with van der Waals surface area (Å²) in [6, 6.07) is 16.5. The van der Waals surface area contributed by atoms with E-state index in [4.69, 9.17) is 0 Å². The molecule has 0 spiro atoms. The molecular formula is C20H23N2O2. The van der Waals surface area contributed by atoms with Crippen molar-refractivity contribution in [3.8, 4) is 0 Å². The number of benzene rings is 2. The van der Waals surface area contributed by atoms with Gasteiger partial charge >= 0.3 is 0 Å². The highest BCUT2D eigenvalue weighted by Crippen LogP contribution is 2.30. The second-order valence-corrected chi connectivity index (χ2v) is 6.24. The van der Waals surface area contributed by atoms with Gasteiger partial charge in [0, 0.05) is 11.4 Å². The van der Waals surface area contributed by atoms with Crippen LogP contribution in [-0.2, 0) is 9.59 Å². The molecule has 4 heteroatoms. The smallest absolute Gasteiger partial charge is 0.240 e. The Morgan fingerprint density at radius 2 is 1.38 bits per heavy atom. The molecule has 0 saturated carbocycles. The van der Waals surface area contributed by atoms with Crippen molar-refractivity contribution in [2.24, 2.45) is 11.3 Å². The van der Waals surface area contributed by atoms with Crippen molar-refractivity contribution >= 4 is 23.2 Å². The van der Waals surface area contributed by atoms with Crippen LogP contribution in [0, 0.1) is 25.2 Å². The number of amides is 2. The fourth-order valence-corrected chi connectivity index (χ4v) is 2.23. The third kappa shape index (κ3) is 3.82. The van der Waals surface area contributed by atoms with E-state index in [0.29, 0.717) is 11.4 Å². The number of hydrogen-bond donors (Lipinski definition) is 2. The molecule has 125 valence electrons. The molecule has 2 atom stereocenters. The number of para-hydroxylation sites is 1. The number of nitrogens with one attached hydrogen (secondary N) is 2. The molecule has 0 heterocycles. The highest BCUT2D eigenvalue weighted by Gasteiger charge is 2.44. The summed E-state index contributed by atoms with van der Waals surface area (Å²) in [5.74, 6) is -1.16. The largest absolute Gasteiger partial charge is 0.325 e. The lowest BCUT2D eigenvalue weighted by Crippen LogP contribution is -2.47. The molecule has 2 unspecified atom stereocenters. The van der Waals surface area contributed by atoms with E-state index in [1.165, 1.54) is 0 Å². The van der Waals surface area contributed by atoms with Crippen LogP contribution in [0.4, 0.5) is 11.4 Å². The number of carbonyl (C=O) groups excluding carboxylic acids is 2. The standard InChI is InChI=1S/C20H23N2O2/c1-14(2)20(4,18(23)21-16-8-6-5-7-9-16)19(24)22-17-12-10-15(3)11-13-17/h5-14H,1H2,2-4H3,(H,21,23)(H,22,24). The second kappa shape index (κ2) is 7.30. The summed E-state index contributed by atoms with van der Waals surface area (Å²) in [5, 5.41) is 5.62. The summed E-state index contributed by atoms with van der Waals surface area (Å²) in [6.45, 7) is 9.28. The van der Waals surface area contributed by atoms with Crippen molar-refractivity contribution < 1.29 is 9.59 Å². The zero-order valence-corrected chi connectivity index (χ0v) is 14.3. The van der Waals surface area contributed by atoms with Crippen LogP contribution >= 0.6 is 0 Å². The van der Waals surface area contributed by atoms with E-state index in [0.717, 1.165) is 5.56 Å². The summed E-state index contributed by atoms with van der Waals surface area (Å²) in [6.07, 6.45) is 0. The number of aryl methyl sites for hydroxylation is 1. The average Bonchev–Trinajstić information content (AvgIpc) is 2.56. The maximum absolute atomic E-state index is 12.8. The molecule has 24 heavy (non-hydrogen) atoms. The number of hydrogen-bond acceptors (Lipinski definition) is 2. The Balaban J connectivity index is 2.20. The highest BCUT2D eigenvalue weighted by atomic mass is 16.2. The van der Waals surface area contributed by atoms with Crippen molar-refractivity contribution in [1.82, 2.24) is 0 Å². The summed E-state index contributed by atoms with van der Waals surface area (Å²) >= 11 is 0. The predicted molar refractivity (Wildman–Crippen MR) is 97.5 cm³/mol. The summed E-state index contributed by atoms with van der Waals surface area (Å²) in [7, 11) is 0. The molecule has 0 saturated heterocycles. The number of carbonyl (C=O) groups is 2. The molecule has 2 rings (SSSR count). The summed E-state index contributed by atoms with van der Waals surface area (Å²) in [5.41, 5.74) is 1.12. The van der Waals surface area contributed by atoms with Gasteiger partial charge in [-0.1, -0.05) is 42.8 Å². The SMILES string of the molecule is [CH2]C(C)C(C)(C(=O)Nc1ccccc1)C(=O)Nc1ccc(C)cc1. The molecular weight excluding hydrogens is 300 g/mol. The van der Waals surface area contributed by atoms with Gasteiger partial charge in [0.05, 0.1) is 0 Å². The molecule has 0 aliphatic rings. The van der Waals surface area contributed by atoms with E-state index in [-0.39, 0.29) is 11.8 Å². The topological polar surface area (TPSA) is 58.2 Å². The molecule has 2 aromatic carbocycles. The van der Waals surface area contributed by atoms with E-state index in [1.54, 1.807) is 26.0 Å². The molecule has 2 aromatic rings. The van der Waals surface area contributed by atoms with Gasteiger partial charge < -0.3 is 10.6 Å². The molecule has 0 aliphatic carbocycles. The van der Waals surface area contributed by atoms with Gasteiger partial charge in [-0.3, -0.25) is 9.59 Å². The Morgan fingerprint density at radius 3 is 1.83 bits per heavy atom. The minimum absolute atomic E-state index is 0.373. The van der Waals surface area contributed by atoms with Gasteiger partial charge in [-0.05, 0) is 51.0 Å². The Kier molecular flexibility index (Phi) is 5.39. The Hall–Kier alpha value is -2.62. The van der Waals surface area contributed by atoms with Crippen LogP contribution in [0.5, 0.6) is 0 Å². The summed E-state index contributed by atoms with van der Waals surface area (Å²) < 4.78 is 0.